The first kappa shape index (κ1) is 18.7. The van der Waals surface area contributed by atoms with Gasteiger partial charge in [-0.05, 0) is 41.5 Å². The van der Waals surface area contributed by atoms with Gasteiger partial charge < -0.3 is 14.2 Å². The predicted octanol–water partition coefficient (Wildman–Crippen LogP) is 4.98. The molecule has 0 unspecified atom stereocenters. The Bertz CT molecular complexity index is 1130. The first-order valence-electron chi connectivity index (χ1n) is 9.51. The number of cyclic esters (lactones) is 1. The van der Waals surface area contributed by atoms with Gasteiger partial charge in [-0.2, -0.15) is 0 Å². The Balaban J connectivity index is 1.71. The number of methoxy groups -OCH3 is 1. The molecule has 3 aromatic rings. The van der Waals surface area contributed by atoms with E-state index < -0.39 is 5.97 Å². The van der Waals surface area contributed by atoms with Crippen LogP contribution in [-0.4, -0.2) is 25.6 Å². The molecule has 1 aliphatic heterocycles. The molecule has 0 bridgehead atoms. The van der Waals surface area contributed by atoms with Crippen LogP contribution in [0.2, 0.25) is 0 Å². The Morgan fingerprint density at radius 2 is 1.86 bits per heavy atom. The number of nitrogens with zero attached hydrogens (tertiary/aromatic N) is 1. The van der Waals surface area contributed by atoms with Crippen molar-refractivity contribution in [2.75, 3.05) is 13.7 Å². The minimum Gasteiger partial charge on any atom is -0.493 e. The van der Waals surface area contributed by atoms with Crippen LogP contribution in [0.1, 0.15) is 24.5 Å². The lowest BCUT2D eigenvalue weighted by atomic mass is 10.1. The van der Waals surface area contributed by atoms with E-state index in [-0.39, 0.29) is 5.70 Å². The van der Waals surface area contributed by atoms with Crippen molar-refractivity contribution in [3.63, 3.8) is 0 Å². The zero-order valence-corrected chi connectivity index (χ0v) is 16.3. The van der Waals surface area contributed by atoms with Gasteiger partial charge in [-0.3, -0.25) is 0 Å². The van der Waals surface area contributed by atoms with Crippen LogP contribution in [0.5, 0.6) is 11.5 Å². The zero-order chi connectivity index (χ0) is 20.2. The molecule has 0 saturated carbocycles. The Labute approximate surface area is 169 Å². The van der Waals surface area contributed by atoms with Crippen molar-refractivity contribution in [3.05, 3.63) is 77.5 Å². The molecule has 1 aliphatic rings. The number of aliphatic imine (C=N–C) groups is 1. The molecule has 146 valence electrons. The van der Waals surface area contributed by atoms with Crippen LogP contribution in [0.25, 0.3) is 16.8 Å². The van der Waals surface area contributed by atoms with Gasteiger partial charge in [-0.15, -0.1) is 0 Å². The predicted molar refractivity (Wildman–Crippen MR) is 113 cm³/mol. The number of rotatable bonds is 6. The maximum atomic E-state index is 12.4. The van der Waals surface area contributed by atoms with E-state index >= 15 is 0 Å². The largest absolute Gasteiger partial charge is 0.493 e. The number of hydrogen-bond acceptors (Lipinski definition) is 5. The van der Waals surface area contributed by atoms with Gasteiger partial charge in [0.2, 0.25) is 5.90 Å². The van der Waals surface area contributed by atoms with E-state index in [0.29, 0.717) is 29.6 Å². The standard InChI is InChI=1S/C24H21NO4/c1-3-13-28-22-18(9-6-10-21(22)27-2)15-20-24(26)29-23(25-20)19-12-11-16-7-4-5-8-17(16)14-19/h4-12,14-15H,3,13H2,1-2H3/b20-15-. The second kappa shape index (κ2) is 8.19. The summed E-state index contributed by atoms with van der Waals surface area (Å²) in [5.74, 6) is 1.01. The number of carbonyl (C=O) groups is 1. The van der Waals surface area contributed by atoms with Gasteiger partial charge in [0.15, 0.2) is 17.2 Å². The molecule has 29 heavy (non-hydrogen) atoms. The lowest BCUT2D eigenvalue weighted by Gasteiger charge is -2.12. The van der Waals surface area contributed by atoms with E-state index in [1.165, 1.54) is 0 Å². The highest BCUT2D eigenvalue weighted by molar-refractivity contribution is 6.13. The number of carbonyl (C=O) groups excluding carboxylic acids is 1. The van der Waals surface area contributed by atoms with Crippen LogP contribution < -0.4 is 9.47 Å². The summed E-state index contributed by atoms with van der Waals surface area (Å²) in [5.41, 5.74) is 1.70. The number of ether oxygens (including phenoxy) is 3. The maximum Gasteiger partial charge on any atom is 0.363 e. The van der Waals surface area contributed by atoms with Crippen LogP contribution >= 0.6 is 0 Å². The van der Waals surface area contributed by atoms with Gasteiger partial charge in [0, 0.05) is 11.1 Å². The maximum absolute atomic E-state index is 12.4. The van der Waals surface area contributed by atoms with Crippen LogP contribution in [0, 0.1) is 0 Å². The number of esters is 1. The molecule has 4 rings (SSSR count). The van der Waals surface area contributed by atoms with E-state index in [1.807, 2.05) is 67.6 Å². The molecule has 0 N–H and O–H groups in total. The Morgan fingerprint density at radius 1 is 1.03 bits per heavy atom. The highest BCUT2D eigenvalue weighted by atomic mass is 16.6. The average Bonchev–Trinajstić information content (AvgIpc) is 3.12. The number of benzene rings is 3. The van der Waals surface area contributed by atoms with Gasteiger partial charge in [0.25, 0.3) is 0 Å². The molecule has 0 amide bonds. The summed E-state index contributed by atoms with van der Waals surface area (Å²) in [4.78, 5) is 16.9. The summed E-state index contributed by atoms with van der Waals surface area (Å²) in [6.45, 7) is 2.58. The van der Waals surface area contributed by atoms with Gasteiger partial charge in [0.1, 0.15) is 0 Å². The van der Waals surface area contributed by atoms with Crippen LogP contribution in [0.4, 0.5) is 0 Å². The SMILES string of the molecule is CCCOc1c(/C=C2\N=C(c3ccc4ccccc4c3)OC2=O)cccc1OC. The third kappa shape index (κ3) is 3.85. The van der Waals surface area contributed by atoms with Crippen molar-refractivity contribution in [1.29, 1.82) is 0 Å². The quantitative estimate of drug-likeness (QED) is 0.442. The molecule has 0 saturated heterocycles. The van der Waals surface area contributed by atoms with Gasteiger partial charge >= 0.3 is 5.97 Å². The molecule has 0 fully saturated rings. The molecule has 0 atom stereocenters. The lowest BCUT2D eigenvalue weighted by molar-refractivity contribution is -0.129. The Kier molecular flexibility index (Phi) is 5.29. The lowest BCUT2D eigenvalue weighted by Crippen LogP contribution is -2.05. The molecule has 0 radical (unpaired) electrons. The average molecular weight is 387 g/mol. The summed E-state index contributed by atoms with van der Waals surface area (Å²) >= 11 is 0. The summed E-state index contributed by atoms with van der Waals surface area (Å²) in [6.07, 6.45) is 2.53. The van der Waals surface area contributed by atoms with Crippen molar-refractivity contribution < 1.29 is 19.0 Å². The fourth-order valence-electron chi connectivity index (χ4n) is 3.17. The van der Waals surface area contributed by atoms with Crippen molar-refractivity contribution in [2.24, 2.45) is 4.99 Å². The zero-order valence-electron chi connectivity index (χ0n) is 16.3. The molecule has 5 nitrogen and oxygen atoms in total. The molecule has 0 aliphatic carbocycles. The monoisotopic (exact) mass is 387 g/mol. The third-order valence-corrected chi connectivity index (χ3v) is 4.59. The number of hydrogen-bond donors (Lipinski definition) is 0. The van der Waals surface area contributed by atoms with Crippen LogP contribution in [0.15, 0.2) is 71.4 Å². The summed E-state index contributed by atoms with van der Waals surface area (Å²) in [5, 5.41) is 2.18. The Morgan fingerprint density at radius 3 is 2.66 bits per heavy atom. The number of para-hydroxylation sites is 1. The van der Waals surface area contributed by atoms with E-state index in [9.17, 15) is 4.79 Å². The van der Waals surface area contributed by atoms with Crippen molar-refractivity contribution in [1.82, 2.24) is 0 Å². The van der Waals surface area contributed by atoms with E-state index in [2.05, 4.69) is 4.99 Å². The van der Waals surface area contributed by atoms with Crippen LogP contribution in [0.3, 0.4) is 0 Å². The fourth-order valence-corrected chi connectivity index (χ4v) is 3.17. The molecule has 1 heterocycles. The number of fused-ring (bicyclic) bond motifs is 1. The summed E-state index contributed by atoms with van der Waals surface area (Å²) in [6, 6.07) is 19.4. The molecule has 3 aromatic carbocycles. The second-order valence-corrected chi connectivity index (χ2v) is 6.63. The van der Waals surface area contributed by atoms with E-state index in [1.54, 1.807) is 13.2 Å². The summed E-state index contributed by atoms with van der Waals surface area (Å²) in [7, 11) is 1.59. The van der Waals surface area contributed by atoms with Crippen molar-refractivity contribution in [2.45, 2.75) is 13.3 Å². The van der Waals surface area contributed by atoms with Gasteiger partial charge in [-0.1, -0.05) is 49.4 Å². The Hall–Kier alpha value is -3.60. The molecule has 0 aromatic heterocycles. The van der Waals surface area contributed by atoms with E-state index in [4.69, 9.17) is 14.2 Å². The van der Waals surface area contributed by atoms with Crippen molar-refractivity contribution in [3.8, 4) is 11.5 Å². The highest BCUT2D eigenvalue weighted by Gasteiger charge is 2.25. The van der Waals surface area contributed by atoms with Crippen molar-refractivity contribution >= 4 is 28.7 Å². The topological polar surface area (TPSA) is 57.1 Å². The normalized spacial score (nSPS) is 14.8. The molecule has 0 spiro atoms. The second-order valence-electron chi connectivity index (χ2n) is 6.63. The minimum atomic E-state index is -0.488. The first-order valence-corrected chi connectivity index (χ1v) is 9.51. The fraction of sp³-hybridized carbons (Fsp3) is 0.167. The summed E-state index contributed by atoms with van der Waals surface area (Å²) < 4.78 is 16.7. The van der Waals surface area contributed by atoms with E-state index in [0.717, 1.165) is 22.8 Å². The third-order valence-electron chi connectivity index (χ3n) is 4.59. The molecular weight excluding hydrogens is 366 g/mol. The van der Waals surface area contributed by atoms with Crippen LogP contribution in [-0.2, 0) is 9.53 Å². The smallest absolute Gasteiger partial charge is 0.363 e. The van der Waals surface area contributed by atoms with Gasteiger partial charge in [-0.25, -0.2) is 9.79 Å². The highest BCUT2D eigenvalue weighted by Crippen LogP contribution is 2.33. The molecule has 5 heteroatoms. The minimum absolute atomic E-state index is 0.225. The molecular formula is C24H21NO4. The first-order chi connectivity index (χ1) is 14.2. The van der Waals surface area contributed by atoms with Gasteiger partial charge in [0.05, 0.1) is 13.7 Å².